The van der Waals surface area contributed by atoms with Gasteiger partial charge < -0.3 is 14.2 Å². The minimum atomic E-state index is -1.06. The SMILES string of the molecule is COC(=O)C1(C)C(C)CCCC1OCOCC[Si](C)(C)C. The van der Waals surface area contributed by atoms with E-state index >= 15 is 0 Å². The van der Waals surface area contributed by atoms with E-state index in [9.17, 15) is 4.79 Å². The number of carbonyl (C=O) groups is 1. The molecule has 0 bridgehead atoms. The van der Waals surface area contributed by atoms with E-state index in [1.54, 1.807) is 0 Å². The van der Waals surface area contributed by atoms with Crippen LogP contribution in [0.15, 0.2) is 0 Å². The minimum absolute atomic E-state index is 0.111. The first-order valence-electron chi connectivity index (χ1n) is 7.99. The fraction of sp³-hybridized carbons (Fsp3) is 0.938. The molecule has 1 aliphatic rings. The second-order valence-corrected chi connectivity index (χ2v) is 13.2. The molecule has 0 aromatic carbocycles. The molecule has 0 heterocycles. The maximum atomic E-state index is 12.2. The van der Waals surface area contributed by atoms with Crippen molar-refractivity contribution in [3.05, 3.63) is 0 Å². The van der Waals surface area contributed by atoms with Crippen molar-refractivity contribution in [2.75, 3.05) is 20.5 Å². The monoisotopic (exact) mass is 316 g/mol. The molecule has 5 heteroatoms. The molecule has 3 unspecified atom stereocenters. The van der Waals surface area contributed by atoms with Crippen molar-refractivity contribution in [3.8, 4) is 0 Å². The Morgan fingerprint density at radius 3 is 2.52 bits per heavy atom. The average molecular weight is 317 g/mol. The molecule has 21 heavy (non-hydrogen) atoms. The zero-order valence-electron chi connectivity index (χ0n) is 14.5. The van der Waals surface area contributed by atoms with Crippen LogP contribution in [0.4, 0.5) is 0 Å². The lowest BCUT2D eigenvalue weighted by Gasteiger charge is -2.43. The lowest BCUT2D eigenvalue weighted by molar-refractivity contribution is -0.186. The van der Waals surface area contributed by atoms with Crippen LogP contribution in [0.5, 0.6) is 0 Å². The van der Waals surface area contributed by atoms with E-state index in [1.165, 1.54) is 7.11 Å². The van der Waals surface area contributed by atoms with Gasteiger partial charge >= 0.3 is 5.97 Å². The Morgan fingerprint density at radius 1 is 1.29 bits per heavy atom. The summed E-state index contributed by atoms with van der Waals surface area (Å²) in [5.74, 6) is 0.104. The van der Waals surface area contributed by atoms with Crippen LogP contribution in [0.2, 0.25) is 25.7 Å². The van der Waals surface area contributed by atoms with Crippen LogP contribution in [0.1, 0.15) is 33.1 Å². The van der Waals surface area contributed by atoms with Gasteiger partial charge in [0.15, 0.2) is 0 Å². The van der Waals surface area contributed by atoms with Crippen LogP contribution < -0.4 is 0 Å². The van der Waals surface area contributed by atoms with Crippen molar-refractivity contribution in [1.29, 1.82) is 0 Å². The molecule has 1 fully saturated rings. The number of hydrogen-bond acceptors (Lipinski definition) is 4. The van der Waals surface area contributed by atoms with E-state index in [2.05, 4.69) is 26.6 Å². The van der Waals surface area contributed by atoms with Gasteiger partial charge in [0.2, 0.25) is 0 Å². The Kier molecular flexibility index (Phi) is 6.88. The van der Waals surface area contributed by atoms with Crippen LogP contribution in [0.25, 0.3) is 0 Å². The van der Waals surface area contributed by atoms with Crippen molar-refractivity contribution in [1.82, 2.24) is 0 Å². The molecule has 0 saturated heterocycles. The number of rotatable bonds is 7. The Labute approximate surface area is 130 Å². The summed E-state index contributed by atoms with van der Waals surface area (Å²) < 4.78 is 16.5. The first kappa shape index (κ1) is 18.7. The third-order valence-electron chi connectivity index (χ3n) is 4.77. The molecule has 124 valence electrons. The highest BCUT2D eigenvalue weighted by Crippen LogP contribution is 2.43. The fourth-order valence-corrected chi connectivity index (χ4v) is 3.66. The van der Waals surface area contributed by atoms with Gasteiger partial charge in [0.05, 0.1) is 18.6 Å². The molecule has 0 aliphatic heterocycles. The summed E-state index contributed by atoms with van der Waals surface area (Å²) in [5, 5.41) is 0. The molecule has 1 saturated carbocycles. The lowest BCUT2D eigenvalue weighted by atomic mass is 9.66. The van der Waals surface area contributed by atoms with Gasteiger partial charge in [-0.2, -0.15) is 0 Å². The smallest absolute Gasteiger partial charge is 0.314 e. The summed E-state index contributed by atoms with van der Waals surface area (Å²) in [5.41, 5.74) is -0.560. The highest BCUT2D eigenvalue weighted by molar-refractivity contribution is 6.76. The maximum Gasteiger partial charge on any atom is 0.314 e. The molecule has 3 atom stereocenters. The van der Waals surface area contributed by atoms with E-state index in [0.717, 1.165) is 31.9 Å². The third-order valence-corrected chi connectivity index (χ3v) is 6.47. The molecule has 0 radical (unpaired) electrons. The largest absolute Gasteiger partial charge is 0.469 e. The first-order chi connectivity index (χ1) is 9.71. The number of hydrogen-bond donors (Lipinski definition) is 0. The van der Waals surface area contributed by atoms with Crippen LogP contribution in [-0.4, -0.2) is 40.7 Å². The van der Waals surface area contributed by atoms with E-state index < -0.39 is 13.5 Å². The van der Waals surface area contributed by atoms with Crippen molar-refractivity contribution in [2.24, 2.45) is 11.3 Å². The Hall–Kier alpha value is -0.393. The van der Waals surface area contributed by atoms with Crippen LogP contribution >= 0.6 is 0 Å². The van der Waals surface area contributed by atoms with Gasteiger partial charge in [-0.15, -0.1) is 0 Å². The quantitative estimate of drug-likeness (QED) is 0.311. The molecule has 1 aliphatic carbocycles. The second-order valence-electron chi connectivity index (χ2n) is 7.60. The standard InChI is InChI=1S/C16H32O4Si/c1-13-8-7-9-14(16(13,2)15(17)18-3)20-12-19-10-11-21(4,5)6/h13-14H,7-12H2,1-6H3. The molecular formula is C16H32O4Si. The highest BCUT2D eigenvalue weighted by Gasteiger charge is 2.49. The van der Waals surface area contributed by atoms with E-state index in [4.69, 9.17) is 14.2 Å². The van der Waals surface area contributed by atoms with Gasteiger partial charge in [0.1, 0.15) is 6.79 Å². The van der Waals surface area contributed by atoms with Gasteiger partial charge in [0, 0.05) is 14.7 Å². The van der Waals surface area contributed by atoms with Gasteiger partial charge in [-0.3, -0.25) is 4.79 Å². The molecule has 1 rings (SSSR count). The predicted octanol–water partition coefficient (Wildman–Crippen LogP) is 3.68. The van der Waals surface area contributed by atoms with Gasteiger partial charge in [-0.1, -0.05) is 33.0 Å². The Morgan fingerprint density at radius 2 is 1.95 bits per heavy atom. The van der Waals surface area contributed by atoms with Crippen LogP contribution in [-0.2, 0) is 19.0 Å². The third kappa shape index (κ3) is 5.08. The summed E-state index contributed by atoms with van der Waals surface area (Å²) in [6.45, 7) is 12.1. The second kappa shape index (κ2) is 7.74. The van der Waals surface area contributed by atoms with Crippen LogP contribution in [0.3, 0.4) is 0 Å². The summed E-state index contributed by atoms with van der Waals surface area (Å²) >= 11 is 0. The molecule has 0 N–H and O–H groups in total. The Balaban J connectivity index is 2.49. The number of methoxy groups -OCH3 is 1. The topological polar surface area (TPSA) is 44.8 Å². The maximum absolute atomic E-state index is 12.2. The van der Waals surface area contributed by atoms with Crippen molar-refractivity contribution >= 4 is 14.0 Å². The summed E-state index contributed by atoms with van der Waals surface area (Å²) in [6, 6.07) is 1.13. The van der Waals surface area contributed by atoms with Crippen molar-refractivity contribution < 1.29 is 19.0 Å². The zero-order valence-corrected chi connectivity index (χ0v) is 15.5. The normalized spacial score (nSPS) is 30.2. The summed E-state index contributed by atoms with van der Waals surface area (Å²) in [6.07, 6.45) is 2.92. The molecule has 4 nitrogen and oxygen atoms in total. The van der Waals surface area contributed by atoms with Gasteiger partial charge in [0.25, 0.3) is 0 Å². The van der Waals surface area contributed by atoms with Crippen molar-refractivity contribution in [3.63, 3.8) is 0 Å². The highest BCUT2D eigenvalue weighted by atomic mass is 28.3. The first-order valence-corrected chi connectivity index (χ1v) is 11.7. The Bertz CT molecular complexity index is 340. The molecule has 0 aromatic heterocycles. The predicted molar refractivity (Wildman–Crippen MR) is 87.0 cm³/mol. The summed E-state index contributed by atoms with van der Waals surface area (Å²) in [7, 11) is 0.390. The van der Waals surface area contributed by atoms with Gasteiger partial charge in [-0.05, 0) is 31.7 Å². The van der Waals surface area contributed by atoms with Gasteiger partial charge in [-0.25, -0.2) is 0 Å². The van der Waals surface area contributed by atoms with Crippen LogP contribution in [0, 0.1) is 11.3 Å². The molecule has 0 aromatic rings. The average Bonchev–Trinajstić information content (AvgIpc) is 2.40. The molecular weight excluding hydrogens is 284 g/mol. The number of esters is 1. The molecule has 0 spiro atoms. The zero-order chi connectivity index (χ0) is 16.1. The van der Waals surface area contributed by atoms with Crippen molar-refractivity contribution in [2.45, 2.75) is 64.9 Å². The number of ether oxygens (including phenoxy) is 3. The van der Waals surface area contributed by atoms with E-state index in [1.807, 2.05) is 6.92 Å². The fourth-order valence-electron chi connectivity index (χ4n) is 2.90. The minimum Gasteiger partial charge on any atom is -0.469 e. The lowest BCUT2D eigenvalue weighted by Crippen LogP contribution is -2.49. The number of carbonyl (C=O) groups excluding carboxylic acids is 1. The molecule has 0 amide bonds. The van der Waals surface area contributed by atoms with E-state index in [0.29, 0.717) is 0 Å². The summed E-state index contributed by atoms with van der Waals surface area (Å²) in [4.78, 5) is 12.2. The van der Waals surface area contributed by atoms with E-state index in [-0.39, 0.29) is 24.8 Å².